The molecule has 1 saturated carbocycles. The van der Waals surface area contributed by atoms with Crippen molar-refractivity contribution in [1.29, 1.82) is 0 Å². The van der Waals surface area contributed by atoms with Crippen LogP contribution in [-0.4, -0.2) is 34.6 Å². The minimum Gasteiger partial charge on any atom is -0.396 e. The third kappa shape index (κ3) is 7.05. The lowest BCUT2D eigenvalue weighted by molar-refractivity contribution is 0.131. The highest BCUT2D eigenvalue weighted by Gasteiger charge is 2.40. The van der Waals surface area contributed by atoms with Gasteiger partial charge in [-0.3, -0.25) is 0 Å². The summed E-state index contributed by atoms with van der Waals surface area (Å²) < 4.78 is 0. The molecule has 0 aromatic carbocycles. The van der Waals surface area contributed by atoms with E-state index in [-0.39, 0.29) is 23.5 Å². The fraction of sp³-hybridized carbons (Fsp3) is 1.00. The van der Waals surface area contributed by atoms with Crippen LogP contribution in [0.25, 0.3) is 0 Å². The van der Waals surface area contributed by atoms with E-state index in [9.17, 15) is 10.2 Å². The second kappa shape index (κ2) is 8.35. The van der Waals surface area contributed by atoms with E-state index in [4.69, 9.17) is 5.11 Å². The van der Waals surface area contributed by atoms with Crippen LogP contribution < -0.4 is 0 Å². The summed E-state index contributed by atoms with van der Waals surface area (Å²) in [5.74, 6) is 0. The normalized spacial score (nSPS) is 19.1. The van der Waals surface area contributed by atoms with Crippen LogP contribution in [0.1, 0.15) is 78.1 Å². The summed E-state index contributed by atoms with van der Waals surface area (Å²) >= 11 is 0. The van der Waals surface area contributed by atoms with E-state index in [1.165, 1.54) is 12.8 Å². The zero-order chi connectivity index (χ0) is 15.1. The molecule has 0 heterocycles. The van der Waals surface area contributed by atoms with Gasteiger partial charge in [-0.15, -0.1) is 0 Å². The lowest BCUT2D eigenvalue weighted by Gasteiger charge is -2.21. The molecular formula is C17H34O3. The molecule has 0 spiro atoms. The summed E-state index contributed by atoms with van der Waals surface area (Å²) in [5, 5.41) is 28.3. The molecule has 0 aliphatic heterocycles. The molecule has 1 rings (SSSR count). The van der Waals surface area contributed by atoms with Crippen LogP contribution in [0.5, 0.6) is 0 Å². The van der Waals surface area contributed by atoms with Crippen molar-refractivity contribution < 1.29 is 15.3 Å². The Labute approximate surface area is 124 Å². The van der Waals surface area contributed by atoms with E-state index < -0.39 is 0 Å². The molecule has 1 unspecified atom stereocenters. The van der Waals surface area contributed by atoms with Gasteiger partial charge in [-0.1, -0.05) is 39.5 Å². The maximum Gasteiger partial charge on any atom is 0.0540 e. The van der Waals surface area contributed by atoms with Gasteiger partial charge in [-0.25, -0.2) is 0 Å². The summed E-state index contributed by atoms with van der Waals surface area (Å²) in [5.41, 5.74) is 0.286. The Kier molecular flexibility index (Phi) is 7.49. The molecule has 1 aliphatic rings. The van der Waals surface area contributed by atoms with Crippen molar-refractivity contribution >= 4 is 0 Å². The highest BCUT2D eigenvalue weighted by molar-refractivity contribution is 4.91. The Morgan fingerprint density at radius 1 is 1.00 bits per heavy atom. The minimum absolute atomic E-state index is 0.0217. The molecule has 20 heavy (non-hydrogen) atoms. The van der Waals surface area contributed by atoms with Crippen LogP contribution in [0.2, 0.25) is 0 Å². The number of rotatable bonds is 12. The van der Waals surface area contributed by atoms with Crippen molar-refractivity contribution in [3.63, 3.8) is 0 Å². The van der Waals surface area contributed by atoms with Crippen LogP contribution in [0.4, 0.5) is 0 Å². The van der Waals surface area contributed by atoms with Gasteiger partial charge in [0.15, 0.2) is 0 Å². The summed E-state index contributed by atoms with van der Waals surface area (Å²) in [6.07, 6.45) is 10.5. The standard InChI is InChI=1S/C17H34O3/c1-16(2,13-18)9-5-3-7-15(20)8-4-6-10-17(14-19)11-12-17/h15,18-20H,3-14H2,1-2H3. The predicted octanol–water partition coefficient (Wildman–Crippen LogP) is 3.26. The number of unbranched alkanes of at least 4 members (excludes halogenated alkanes) is 2. The zero-order valence-corrected chi connectivity index (χ0v) is 13.4. The first kappa shape index (κ1) is 17.9. The monoisotopic (exact) mass is 286 g/mol. The molecule has 3 N–H and O–H groups in total. The maximum atomic E-state index is 9.94. The Hall–Kier alpha value is -0.120. The van der Waals surface area contributed by atoms with E-state index in [1.807, 2.05) is 0 Å². The lowest BCUT2D eigenvalue weighted by atomic mass is 9.87. The fourth-order valence-electron chi connectivity index (χ4n) is 2.75. The van der Waals surface area contributed by atoms with Crippen LogP contribution in [0.15, 0.2) is 0 Å². The van der Waals surface area contributed by atoms with Gasteiger partial charge in [0, 0.05) is 13.2 Å². The number of aliphatic hydroxyl groups is 3. The van der Waals surface area contributed by atoms with Crippen LogP contribution in [0.3, 0.4) is 0 Å². The molecule has 1 atom stereocenters. The third-order valence-electron chi connectivity index (χ3n) is 4.86. The van der Waals surface area contributed by atoms with Crippen molar-refractivity contribution in [3.05, 3.63) is 0 Å². The molecule has 0 bridgehead atoms. The lowest BCUT2D eigenvalue weighted by Crippen LogP contribution is -2.16. The smallest absolute Gasteiger partial charge is 0.0540 e. The molecule has 0 saturated heterocycles. The molecular weight excluding hydrogens is 252 g/mol. The Morgan fingerprint density at radius 3 is 2.10 bits per heavy atom. The summed E-state index contributed by atoms with van der Waals surface area (Å²) in [6.45, 7) is 4.75. The topological polar surface area (TPSA) is 60.7 Å². The zero-order valence-electron chi connectivity index (χ0n) is 13.4. The average Bonchev–Trinajstić information content (AvgIpc) is 3.20. The molecule has 0 radical (unpaired) electrons. The van der Waals surface area contributed by atoms with Gasteiger partial charge in [0.2, 0.25) is 0 Å². The molecule has 3 heteroatoms. The Bertz CT molecular complexity index is 245. The van der Waals surface area contributed by atoms with Gasteiger partial charge >= 0.3 is 0 Å². The van der Waals surface area contributed by atoms with Gasteiger partial charge in [0.05, 0.1) is 6.10 Å². The molecule has 1 fully saturated rings. The van der Waals surface area contributed by atoms with E-state index >= 15 is 0 Å². The van der Waals surface area contributed by atoms with Gasteiger partial charge in [0.25, 0.3) is 0 Å². The first-order valence-corrected chi connectivity index (χ1v) is 8.33. The van der Waals surface area contributed by atoms with Gasteiger partial charge < -0.3 is 15.3 Å². The first-order chi connectivity index (χ1) is 9.43. The maximum absolute atomic E-state index is 9.94. The molecule has 1 aliphatic carbocycles. The predicted molar refractivity (Wildman–Crippen MR) is 82.6 cm³/mol. The van der Waals surface area contributed by atoms with Crippen molar-refractivity contribution in [1.82, 2.24) is 0 Å². The summed E-state index contributed by atoms with van der Waals surface area (Å²) in [7, 11) is 0. The number of hydrogen-bond acceptors (Lipinski definition) is 3. The summed E-state index contributed by atoms with van der Waals surface area (Å²) in [6, 6.07) is 0. The van der Waals surface area contributed by atoms with Crippen molar-refractivity contribution in [3.8, 4) is 0 Å². The van der Waals surface area contributed by atoms with Crippen LogP contribution in [-0.2, 0) is 0 Å². The highest BCUT2D eigenvalue weighted by atomic mass is 16.3. The largest absolute Gasteiger partial charge is 0.396 e. The van der Waals surface area contributed by atoms with E-state index in [2.05, 4.69) is 13.8 Å². The number of hydrogen-bond donors (Lipinski definition) is 3. The fourth-order valence-corrected chi connectivity index (χ4v) is 2.75. The number of aliphatic hydroxyl groups excluding tert-OH is 3. The van der Waals surface area contributed by atoms with E-state index in [0.29, 0.717) is 6.61 Å². The first-order valence-electron chi connectivity index (χ1n) is 8.33. The second-order valence-electron chi connectivity index (χ2n) is 7.63. The van der Waals surface area contributed by atoms with Gasteiger partial charge in [0.1, 0.15) is 0 Å². The van der Waals surface area contributed by atoms with Crippen LogP contribution >= 0.6 is 0 Å². The second-order valence-corrected chi connectivity index (χ2v) is 7.63. The van der Waals surface area contributed by atoms with Crippen molar-refractivity contribution in [2.75, 3.05) is 13.2 Å². The average molecular weight is 286 g/mol. The Balaban J connectivity index is 1.94. The van der Waals surface area contributed by atoms with Gasteiger partial charge in [-0.2, -0.15) is 0 Å². The molecule has 0 aromatic rings. The molecule has 120 valence electrons. The SMILES string of the molecule is CC(C)(CO)CCCCC(O)CCCCC1(CO)CC1. The molecule has 0 aromatic heterocycles. The van der Waals surface area contributed by atoms with Crippen LogP contribution in [0, 0.1) is 10.8 Å². The van der Waals surface area contributed by atoms with E-state index in [0.717, 1.165) is 51.4 Å². The third-order valence-corrected chi connectivity index (χ3v) is 4.86. The Morgan fingerprint density at radius 2 is 1.60 bits per heavy atom. The quantitative estimate of drug-likeness (QED) is 0.483. The summed E-state index contributed by atoms with van der Waals surface area (Å²) in [4.78, 5) is 0. The van der Waals surface area contributed by atoms with Gasteiger partial charge in [-0.05, 0) is 49.4 Å². The van der Waals surface area contributed by atoms with Crippen molar-refractivity contribution in [2.24, 2.45) is 10.8 Å². The highest BCUT2D eigenvalue weighted by Crippen LogP contribution is 2.49. The molecule has 3 nitrogen and oxygen atoms in total. The van der Waals surface area contributed by atoms with Crippen molar-refractivity contribution in [2.45, 2.75) is 84.2 Å². The molecule has 0 amide bonds. The van der Waals surface area contributed by atoms with E-state index in [1.54, 1.807) is 0 Å². The minimum atomic E-state index is -0.170.